The standard InChI is InChI=1S/C14H16N2O2/c1-10(17)5-6-14(18)16-13-4-2-3-11-7-8-15-9-12(11)13/h2-4,7-10,17H,5-6H2,1H3,(H,16,18). The second-order valence-corrected chi connectivity index (χ2v) is 4.34. The Morgan fingerprint density at radius 2 is 2.28 bits per heavy atom. The van der Waals surface area contributed by atoms with Crippen LogP contribution in [-0.2, 0) is 4.79 Å². The molecular formula is C14H16N2O2. The number of benzene rings is 1. The van der Waals surface area contributed by atoms with Crippen LogP contribution < -0.4 is 5.32 Å². The summed E-state index contributed by atoms with van der Waals surface area (Å²) in [6.07, 6.45) is 3.79. The third-order valence-corrected chi connectivity index (χ3v) is 2.75. The molecule has 0 aliphatic carbocycles. The molecule has 1 heterocycles. The van der Waals surface area contributed by atoms with Crippen molar-refractivity contribution < 1.29 is 9.90 Å². The van der Waals surface area contributed by atoms with Crippen molar-refractivity contribution in [3.05, 3.63) is 36.7 Å². The summed E-state index contributed by atoms with van der Waals surface area (Å²) in [6, 6.07) is 7.63. The van der Waals surface area contributed by atoms with Gasteiger partial charge in [0.2, 0.25) is 5.91 Å². The van der Waals surface area contributed by atoms with E-state index in [1.54, 1.807) is 19.3 Å². The van der Waals surface area contributed by atoms with E-state index in [1.807, 2.05) is 24.3 Å². The number of hydrogen-bond acceptors (Lipinski definition) is 3. The lowest BCUT2D eigenvalue weighted by Crippen LogP contribution is -2.14. The molecule has 2 N–H and O–H groups in total. The number of aliphatic hydroxyl groups excluding tert-OH is 1. The van der Waals surface area contributed by atoms with Gasteiger partial charge < -0.3 is 10.4 Å². The molecule has 2 aromatic rings. The minimum atomic E-state index is -0.454. The van der Waals surface area contributed by atoms with Crippen LogP contribution in [0.4, 0.5) is 5.69 Å². The van der Waals surface area contributed by atoms with Gasteiger partial charge in [-0.3, -0.25) is 9.78 Å². The van der Waals surface area contributed by atoms with Gasteiger partial charge in [0.05, 0.1) is 11.8 Å². The monoisotopic (exact) mass is 244 g/mol. The molecule has 0 fully saturated rings. The number of carbonyl (C=O) groups excluding carboxylic acids is 1. The minimum Gasteiger partial charge on any atom is -0.393 e. The highest BCUT2D eigenvalue weighted by molar-refractivity contribution is 6.01. The van der Waals surface area contributed by atoms with E-state index in [4.69, 9.17) is 5.11 Å². The Labute approximate surface area is 106 Å². The lowest BCUT2D eigenvalue weighted by atomic mass is 10.1. The van der Waals surface area contributed by atoms with Crippen LogP contribution in [0, 0.1) is 0 Å². The van der Waals surface area contributed by atoms with Crippen molar-refractivity contribution in [1.82, 2.24) is 4.98 Å². The number of hydrogen-bond donors (Lipinski definition) is 2. The van der Waals surface area contributed by atoms with Gasteiger partial charge in [-0.05, 0) is 30.9 Å². The fraction of sp³-hybridized carbons (Fsp3) is 0.286. The molecule has 0 saturated carbocycles. The average Bonchev–Trinajstić information content (AvgIpc) is 2.37. The van der Waals surface area contributed by atoms with Crippen LogP contribution in [0.15, 0.2) is 36.7 Å². The maximum atomic E-state index is 11.7. The molecule has 0 bridgehead atoms. The molecule has 1 aromatic carbocycles. The van der Waals surface area contributed by atoms with Crippen molar-refractivity contribution in [2.45, 2.75) is 25.9 Å². The van der Waals surface area contributed by atoms with E-state index in [-0.39, 0.29) is 5.91 Å². The zero-order chi connectivity index (χ0) is 13.0. The van der Waals surface area contributed by atoms with Crippen molar-refractivity contribution in [2.75, 3.05) is 5.32 Å². The summed E-state index contributed by atoms with van der Waals surface area (Å²) in [7, 11) is 0. The Morgan fingerprint density at radius 3 is 3.06 bits per heavy atom. The van der Waals surface area contributed by atoms with Gasteiger partial charge in [-0.1, -0.05) is 12.1 Å². The van der Waals surface area contributed by atoms with Crippen LogP contribution in [0.2, 0.25) is 0 Å². The first-order chi connectivity index (χ1) is 8.66. The summed E-state index contributed by atoms with van der Waals surface area (Å²) in [4.78, 5) is 15.8. The Hall–Kier alpha value is -1.94. The summed E-state index contributed by atoms with van der Waals surface area (Å²) < 4.78 is 0. The zero-order valence-corrected chi connectivity index (χ0v) is 10.3. The van der Waals surface area contributed by atoms with E-state index in [9.17, 15) is 4.79 Å². The zero-order valence-electron chi connectivity index (χ0n) is 10.3. The van der Waals surface area contributed by atoms with Gasteiger partial charge >= 0.3 is 0 Å². The number of nitrogens with one attached hydrogen (secondary N) is 1. The molecule has 94 valence electrons. The quantitative estimate of drug-likeness (QED) is 0.867. The number of aliphatic hydroxyl groups is 1. The Balaban J connectivity index is 2.14. The van der Waals surface area contributed by atoms with E-state index in [0.29, 0.717) is 12.8 Å². The Kier molecular flexibility index (Phi) is 3.89. The number of rotatable bonds is 4. The molecular weight excluding hydrogens is 228 g/mol. The van der Waals surface area contributed by atoms with Crippen LogP contribution in [0.25, 0.3) is 10.8 Å². The molecule has 0 aliphatic rings. The molecule has 0 saturated heterocycles. The fourth-order valence-electron chi connectivity index (χ4n) is 1.78. The molecule has 1 unspecified atom stereocenters. The maximum Gasteiger partial charge on any atom is 0.224 e. The highest BCUT2D eigenvalue weighted by Crippen LogP contribution is 2.22. The highest BCUT2D eigenvalue weighted by Gasteiger charge is 2.07. The number of carbonyl (C=O) groups is 1. The Morgan fingerprint density at radius 1 is 1.44 bits per heavy atom. The van der Waals surface area contributed by atoms with Gasteiger partial charge in [0.25, 0.3) is 0 Å². The third kappa shape index (κ3) is 3.05. The van der Waals surface area contributed by atoms with Crippen molar-refractivity contribution in [2.24, 2.45) is 0 Å². The van der Waals surface area contributed by atoms with E-state index >= 15 is 0 Å². The SMILES string of the molecule is CC(O)CCC(=O)Nc1cccc2ccncc12. The van der Waals surface area contributed by atoms with Gasteiger partial charge in [-0.15, -0.1) is 0 Å². The summed E-state index contributed by atoms with van der Waals surface area (Å²) in [5.74, 6) is -0.0905. The number of fused-ring (bicyclic) bond motifs is 1. The van der Waals surface area contributed by atoms with Crippen molar-refractivity contribution in [3.8, 4) is 0 Å². The predicted molar refractivity (Wildman–Crippen MR) is 71.3 cm³/mol. The van der Waals surface area contributed by atoms with Crippen molar-refractivity contribution in [1.29, 1.82) is 0 Å². The molecule has 18 heavy (non-hydrogen) atoms. The molecule has 0 spiro atoms. The highest BCUT2D eigenvalue weighted by atomic mass is 16.3. The molecule has 4 nitrogen and oxygen atoms in total. The molecule has 2 rings (SSSR count). The first kappa shape index (κ1) is 12.5. The smallest absolute Gasteiger partial charge is 0.224 e. The van der Waals surface area contributed by atoms with Crippen LogP contribution in [0.1, 0.15) is 19.8 Å². The largest absolute Gasteiger partial charge is 0.393 e. The van der Waals surface area contributed by atoms with E-state index < -0.39 is 6.10 Å². The predicted octanol–water partition coefficient (Wildman–Crippen LogP) is 2.33. The van der Waals surface area contributed by atoms with Crippen molar-refractivity contribution in [3.63, 3.8) is 0 Å². The number of pyridine rings is 1. The van der Waals surface area contributed by atoms with Gasteiger partial charge in [-0.2, -0.15) is 0 Å². The van der Waals surface area contributed by atoms with E-state index in [2.05, 4.69) is 10.3 Å². The molecule has 1 amide bonds. The molecule has 1 aromatic heterocycles. The van der Waals surface area contributed by atoms with Crippen LogP contribution in [-0.4, -0.2) is 22.1 Å². The fourth-order valence-corrected chi connectivity index (χ4v) is 1.78. The normalized spacial score (nSPS) is 12.3. The first-order valence-electron chi connectivity index (χ1n) is 5.97. The van der Waals surface area contributed by atoms with Gasteiger partial charge in [0, 0.05) is 24.2 Å². The number of anilines is 1. The molecule has 4 heteroatoms. The lowest BCUT2D eigenvalue weighted by molar-refractivity contribution is -0.116. The second-order valence-electron chi connectivity index (χ2n) is 4.34. The summed E-state index contributed by atoms with van der Waals surface area (Å²) >= 11 is 0. The topological polar surface area (TPSA) is 62.2 Å². The molecule has 1 atom stereocenters. The molecule has 0 radical (unpaired) electrons. The summed E-state index contributed by atoms with van der Waals surface area (Å²) in [5, 5.41) is 14.0. The van der Waals surface area contributed by atoms with E-state index in [1.165, 1.54) is 0 Å². The lowest BCUT2D eigenvalue weighted by Gasteiger charge is -2.09. The van der Waals surface area contributed by atoms with Crippen LogP contribution >= 0.6 is 0 Å². The second kappa shape index (κ2) is 5.60. The minimum absolute atomic E-state index is 0.0905. The van der Waals surface area contributed by atoms with Gasteiger partial charge in [0.1, 0.15) is 0 Å². The van der Waals surface area contributed by atoms with Crippen molar-refractivity contribution >= 4 is 22.4 Å². The summed E-state index contributed by atoms with van der Waals surface area (Å²) in [5.41, 5.74) is 0.760. The van der Waals surface area contributed by atoms with Gasteiger partial charge in [0.15, 0.2) is 0 Å². The average molecular weight is 244 g/mol. The van der Waals surface area contributed by atoms with Crippen LogP contribution in [0.5, 0.6) is 0 Å². The van der Waals surface area contributed by atoms with Gasteiger partial charge in [-0.25, -0.2) is 0 Å². The Bertz CT molecular complexity index is 547. The number of amides is 1. The number of aromatic nitrogens is 1. The third-order valence-electron chi connectivity index (χ3n) is 2.75. The maximum absolute atomic E-state index is 11.7. The summed E-state index contributed by atoms with van der Waals surface area (Å²) in [6.45, 7) is 1.68. The van der Waals surface area contributed by atoms with Crippen LogP contribution in [0.3, 0.4) is 0 Å². The first-order valence-corrected chi connectivity index (χ1v) is 5.97. The number of nitrogens with zero attached hydrogens (tertiary/aromatic N) is 1. The molecule has 0 aliphatic heterocycles. The van der Waals surface area contributed by atoms with E-state index in [0.717, 1.165) is 16.5 Å².